The SMILES string of the molecule is CC(C)(O)C#Cc1cc(F)c(F)cc1Cl. The fraction of sp³-hybridized carbons (Fsp3) is 0.273. The molecular weight excluding hydrogens is 222 g/mol. The second-order valence-corrected chi connectivity index (χ2v) is 3.96. The van der Waals surface area contributed by atoms with Gasteiger partial charge in [0.2, 0.25) is 0 Å². The van der Waals surface area contributed by atoms with E-state index in [1.54, 1.807) is 0 Å². The first-order chi connectivity index (χ1) is 6.79. The van der Waals surface area contributed by atoms with Crippen molar-refractivity contribution in [1.29, 1.82) is 0 Å². The van der Waals surface area contributed by atoms with E-state index in [1.807, 2.05) is 0 Å². The summed E-state index contributed by atoms with van der Waals surface area (Å²) in [6.07, 6.45) is 0. The van der Waals surface area contributed by atoms with Crippen molar-refractivity contribution in [2.24, 2.45) is 0 Å². The molecule has 1 aromatic carbocycles. The van der Waals surface area contributed by atoms with Gasteiger partial charge in [0.15, 0.2) is 11.6 Å². The maximum absolute atomic E-state index is 12.8. The van der Waals surface area contributed by atoms with Gasteiger partial charge >= 0.3 is 0 Å². The highest BCUT2D eigenvalue weighted by Crippen LogP contribution is 2.19. The smallest absolute Gasteiger partial charge is 0.160 e. The predicted molar refractivity (Wildman–Crippen MR) is 54.5 cm³/mol. The molecule has 1 N–H and O–H groups in total. The molecule has 80 valence electrons. The zero-order valence-corrected chi connectivity index (χ0v) is 8.99. The van der Waals surface area contributed by atoms with E-state index in [1.165, 1.54) is 13.8 Å². The first-order valence-electron chi connectivity index (χ1n) is 4.20. The van der Waals surface area contributed by atoms with Gasteiger partial charge in [0.25, 0.3) is 0 Å². The van der Waals surface area contributed by atoms with E-state index < -0.39 is 17.2 Å². The molecule has 0 saturated heterocycles. The van der Waals surface area contributed by atoms with E-state index >= 15 is 0 Å². The third-order valence-electron chi connectivity index (χ3n) is 1.51. The van der Waals surface area contributed by atoms with Gasteiger partial charge in [-0.2, -0.15) is 0 Å². The normalized spacial score (nSPS) is 10.8. The highest BCUT2D eigenvalue weighted by molar-refractivity contribution is 6.31. The standard InChI is InChI=1S/C11H9ClF2O/c1-11(2,15)4-3-7-5-9(13)10(14)6-8(7)12/h5-6,15H,1-2H3. The van der Waals surface area contributed by atoms with Gasteiger partial charge in [0.05, 0.1) is 5.02 Å². The van der Waals surface area contributed by atoms with Crippen LogP contribution in [0.2, 0.25) is 5.02 Å². The minimum Gasteiger partial charge on any atom is -0.378 e. The second-order valence-electron chi connectivity index (χ2n) is 3.56. The summed E-state index contributed by atoms with van der Waals surface area (Å²) in [6, 6.07) is 1.75. The van der Waals surface area contributed by atoms with Crippen molar-refractivity contribution < 1.29 is 13.9 Å². The van der Waals surface area contributed by atoms with Crippen molar-refractivity contribution in [3.05, 3.63) is 34.4 Å². The summed E-state index contributed by atoms with van der Waals surface area (Å²) >= 11 is 5.64. The van der Waals surface area contributed by atoms with Crippen molar-refractivity contribution >= 4 is 11.6 Å². The van der Waals surface area contributed by atoms with Crippen LogP contribution < -0.4 is 0 Å². The van der Waals surface area contributed by atoms with Gasteiger partial charge in [0.1, 0.15) is 5.60 Å². The van der Waals surface area contributed by atoms with E-state index in [-0.39, 0.29) is 10.6 Å². The molecule has 0 aliphatic carbocycles. The summed E-state index contributed by atoms with van der Waals surface area (Å²) in [7, 11) is 0. The van der Waals surface area contributed by atoms with Crippen LogP contribution >= 0.6 is 11.6 Å². The Labute approximate surface area is 91.7 Å². The van der Waals surface area contributed by atoms with Crippen LogP contribution in [-0.2, 0) is 0 Å². The molecule has 0 aliphatic rings. The maximum atomic E-state index is 12.8. The zero-order chi connectivity index (χ0) is 11.6. The number of hydrogen-bond donors (Lipinski definition) is 1. The highest BCUT2D eigenvalue weighted by Gasteiger charge is 2.09. The minimum absolute atomic E-state index is 0.0191. The first kappa shape index (κ1) is 12.0. The van der Waals surface area contributed by atoms with Crippen LogP contribution in [-0.4, -0.2) is 10.7 Å². The zero-order valence-electron chi connectivity index (χ0n) is 8.24. The number of halogens is 3. The number of hydrogen-bond acceptors (Lipinski definition) is 1. The molecule has 0 spiro atoms. The predicted octanol–water partition coefficient (Wildman–Crippen LogP) is 2.74. The van der Waals surface area contributed by atoms with Gasteiger partial charge in [-0.05, 0) is 26.0 Å². The van der Waals surface area contributed by atoms with Gasteiger partial charge in [-0.15, -0.1) is 0 Å². The minimum atomic E-state index is -1.20. The Balaban J connectivity index is 3.15. The molecular formula is C11H9ClF2O. The van der Waals surface area contributed by atoms with E-state index in [4.69, 9.17) is 11.6 Å². The lowest BCUT2D eigenvalue weighted by Crippen LogP contribution is -2.14. The van der Waals surface area contributed by atoms with Crippen molar-refractivity contribution in [1.82, 2.24) is 0 Å². The van der Waals surface area contributed by atoms with Crippen molar-refractivity contribution in [2.45, 2.75) is 19.4 Å². The average molecular weight is 231 g/mol. The quantitative estimate of drug-likeness (QED) is 0.537. The molecule has 0 bridgehead atoms. The van der Waals surface area contributed by atoms with Crippen LogP contribution in [0.15, 0.2) is 12.1 Å². The molecule has 1 rings (SSSR count). The third-order valence-corrected chi connectivity index (χ3v) is 1.83. The molecule has 0 radical (unpaired) electrons. The monoisotopic (exact) mass is 230 g/mol. The van der Waals surface area contributed by atoms with Gasteiger partial charge < -0.3 is 5.11 Å². The molecule has 4 heteroatoms. The molecule has 0 fully saturated rings. The van der Waals surface area contributed by atoms with Gasteiger partial charge in [-0.1, -0.05) is 23.4 Å². The maximum Gasteiger partial charge on any atom is 0.160 e. The Morgan fingerprint density at radius 1 is 1.27 bits per heavy atom. The Kier molecular flexibility index (Phi) is 3.33. The van der Waals surface area contributed by atoms with Crippen molar-refractivity contribution in [3.8, 4) is 11.8 Å². The fourth-order valence-electron chi connectivity index (χ4n) is 0.839. The number of aliphatic hydroxyl groups is 1. The average Bonchev–Trinajstić information content (AvgIpc) is 2.07. The van der Waals surface area contributed by atoms with Crippen LogP contribution in [0, 0.1) is 23.5 Å². The van der Waals surface area contributed by atoms with Crippen LogP contribution in [0.5, 0.6) is 0 Å². The Morgan fingerprint density at radius 2 is 1.80 bits per heavy atom. The Bertz CT molecular complexity index is 438. The summed E-state index contributed by atoms with van der Waals surface area (Å²) in [4.78, 5) is 0. The molecule has 0 aromatic heterocycles. The Hall–Kier alpha value is -1.11. The summed E-state index contributed by atoms with van der Waals surface area (Å²) in [5.74, 6) is 2.91. The van der Waals surface area contributed by atoms with Crippen LogP contribution in [0.1, 0.15) is 19.4 Å². The molecule has 0 aliphatic heterocycles. The molecule has 0 heterocycles. The van der Waals surface area contributed by atoms with E-state index in [2.05, 4.69) is 11.8 Å². The molecule has 0 saturated carbocycles. The number of benzene rings is 1. The van der Waals surface area contributed by atoms with E-state index in [0.717, 1.165) is 12.1 Å². The lowest BCUT2D eigenvalue weighted by Gasteiger charge is -2.06. The van der Waals surface area contributed by atoms with Crippen LogP contribution in [0.4, 0.5) is 8.78 Å². The Morgan fingerprint density at radius 3 is 2.33 bits per heavy atom. The molecule has 0 atom stereocenters. The fourth-order valence-corrected chi connectivity index (χ4v) is 1.04. The topological polar surface area (TPSA) is 20.2 Å². The van der Waals surface area contributed by atoms with E-state index in [0.29, 0.717) is 0 Å². The molecule has 1 aromatic rings. The molecule has 0 unspecified atom stereocenters. The molecule has 0 amide bonds. The van der Waals surface area contributed by atoms with Gasteiger partial charge in [-0.25, -0.2) is 8.78 Å². The van der Waals surface area contributed by atoms with Gasteiger partial charge in [0, 0.05) is 5.56 Å². The summed E-state index contributed by atoms with van der Waals surface area (Å²) in [5, 5.41) is 9.33. The molecule has 15 heavy (non-hydrogen) atoms. The van der Waals surface area contributed by atoms with Crippen LogP contribution in [0.3, 0.4) is 0 Å². The summed E-state index contributed by atoms with van der Waals surface area (Å²) in [6.45, 7) is 2.96. The van der Waals surface area contributed by atoms with Crippen molar-refractivity contribution in [2.75, 3.05) is 0 Å². The lowest BCUT2D eigenvalue weighted by atomic mass is 10.1. The summed E-state index contributed by atoms with van der Waals surface area (Å²) in [5.41, 5.74) is -1.05. The highest BCUT2D eigenvalue weighted by atomic mass is 35.5. The van der Waals surface area contributed by atoms with Crippen LogP contribution in [0.25, 0.3) is 0 Å². The molecule has 1 nitrogen and oxygen atoms in total. The number of rotatable bonds is 0. The largest absolute Gasteiger partial charge is 0.378 e. The first-order valence-corrected chi connectivity index (χ1v) is 4.57. The second kappa shape index (κ2) is 4.18. The third kappa shape index (κ3) is 3.50. The van der Waals surface area contributed by atoms with E-state index in [9.17, 15) is 13.9 Å². The van der Waals surface area contributed by atoms with Crippen molar-refractivity contribution in [3.63, 3.8) is 0 Å². The lowest BCUT2D eigenvalue weighted by molar-refractivity contribution is 0.143. The summed E-state index contributed by atoms with van der Waals surface area (Å²) < 4.78 is 25.5. The van der Waals surface area contributed by atoms with Gasteiger partial charge in [-0.3, -0.25) is 0 Å².